The number of fused-ring (bicyclic) bond motifs is 1. The molecule has 0 amide bonds. The van der Waals surface area contributed by atoms with E-state index in [1.54, 1.807) is 7.11 Å². The van der Waals surface area contributed by atoms with Crippen molar-refractivity contribution in [2.75, 3.05) is 27.2 Å². The highest BCUT2D eigenvalue weighted by atomic mass is 127. The summed E-state index contributed by atoms with van der Waals surface area (Å²) >= 11 is 0. The second-order valence-corrected chi connectivity index (χ2v) is 7.91. The van der Waals surface area contributed by atoms with Crippen molar-refractivity contribution in [2.45, 2.75) is 58.5 Å². The van der Waals surface area contributed by atoms with E-state index >= 15 is 0 Å². The van der Waals surface area contributed by atoms with E-state index in [0.717, 1.165) is 56.6 Å². The van der Waals surface area contributed by atoms with E-state index < -0.39 is 0 Å². The van der Waals surface area contributed by atoms with Gasteiger partial charge in [0.25, 0.3) is 0 Å². The van der Waals surface area contributed by atoms with Gasteiger partial charge >= 0.3 is 0 Å². The van der Waals surface area contributed by atoms with E-state index in [2.05, 4.69) is 76.8 Å². The summed E-state index contributed by atoms with van der Waals surface area (Å²) in [5, 5.41) is 11.5. The Hall–Kier alpha value is -1.72. The van der Waals surface area contributed by atoms with Crippen molar-refractivity contribution < 1.29 is 4.74 Å². The normalized spacial score (nSPS) is 17.1. The average Bonchev–Trinajstić information content (AvgIpc) is 3.14. The third kappa shape index (κ3) is 7.73. The van der Waals surface area contributed by atoms with Crippen LogP contribution in [0.5, 0.6) is 0 Å². The molecule has 1 aliphatic heterocycles. The Bertz CT molecular complexity index is 811. The van der Waals surface area contributed by atoms with Crippen LogP contribution in [-0.2, 0) is 30.9 Å². The van der Waals surface area contributed by atoms with Gasteiger partial charge in [0.15, 0.2) is 11.8 Å². The number of halogens is 1. The average molecular weight is 541 g/mol. The molecule has 3 rings (SSSR count). The molecule has 2 aromatic rings. The second-order valence-electron chi connectivity index (χ2n) is 7.91. The molecule has 0 fully saturated rings. The number of nitrogens with zero attached hydrogens (tertiary/aromatic N) is 5. The highest BCUT2D eigenvalue weighted by Gasteiger charge is 2.22. The van der Waals surface area contributed by atoms with Crippen molar-refractivity contribution in [1.29, 1.82) is 0 Å². The number of rotatable bonds is 9. The minimum atomic E-state index is 0. The van der Waals surface area contributed by atoms with Crippen molar-refractivity contribution in [2.24, 2.45) is 4.99 Å². The SMILES string of the molecule is CCNC(=NCC(C)N(C)Cc1ccccc1)NC1CCc2nc(COC)nn2C1.I. The Morgan fingerprint density at radius 2 is 2.13 bits per heavy atom. The van der Waals surface area contributed by atoms with Crippen LogP contribution in [0.25, 0.3) is 0 Å². The van der Waals surface area contributed by atoms with E-state index in [-0.39, 0.29) is 30.0 Å². The third-order valence-electron chi connectivity index (χ3n) is 5.40. The standard InChI is InChI=1S/C22H35N7O.HI/c1-5-23-22(24-13-17(2)28(3)14-18-9-7-6-8-10-18)25-19-11-12-21-26-20(16-30-4)27-29(21)15-19;/h6-10,17,19H,5,11-16H2,1-4H3,(H2,23,24,25);1H. The molecule has 0 saturated heterocycles. The molecular formula is C22H36IN7O. The first-order valence-electron chi connectivity index (χ1n) is 10.8. The fourth-order valence-electron chi connectivity index (χ4n) is 3.57. The van der Waals surface area contributed by atoms with Gasteiger partial charge in [-0.25, -0.2) is 9.67 Å². The Kier molecular flexibility index (Phi) is 10.7. The molecule has 1 aromatic heterocycles. The topological polar surface area (TPSA) is 79.6 Å². The van der Waals surface area contributed by atoms with Gasteiger partial charge in [0, 0.05) is 38.7 Å². The maximum atomic E-state index is 5.15. The van der Waals surface area contributed by atoms with Crippen LogP contribution in [-0.4, -0.2) is 65.0 Å². The first kappa shape index (κ1) is 25.5. The van der Waals surface area contributed by atoms with Crippen molar-refractivity contribution in [3.05, 3.63) is 47.5 Å². The van der Waals surface area contributed by atoms with Crippen molar-refractivity contribution >= 4 is 29.9 Å². The molecule has 2 unspecified atom stereocenters. The van der Waals surface area contributed by atoms with Crippen LogP contribution in [0, 0.1) is 0 Å². The smallest absolute Gasteiger partial charge is 0.191 e. The summed E-state index contributed by atoms with van der Waals surface area (Å²) in [4.78, 5) is 11.7. The zero-order chi connectivity index (χ0) is 21.3. The number of nitrogens with one attached hydrogen (secondary N) is 2. The molecule has 2 N–H and O–H groups in total. The Morgan fingerprint density at radius 3 is 2.84 bits per heavy atom. The highest BCUT2D eigenvalue weighted by Crippen LogP contribution is 2.13. The lowest BCUT2D eigenvalue weighted by molar-refractivity contribution is 0.177. The van der Waals surface area contributed by atoms with E-state index in [4.69, 9.17) is 9.73 Å². The maximum absolute atomic E-state index is 5.15. The summed E-state index contributed by atoms with van der Waals surface area (Å²) in [6, 6.07) is 11.2. The minimum absolute atomic E-state index is 0. The molecule has 2 atom stereocenters. The summed E-state index contributed by atoms with van der Waals surface area (Å²) < 4.78 is 7.15. The number of likely N-dealkylation sites (N-methyl/N-ethyl adjacent to an activating group) is 1. The van der Waals surface area contributed by atoms with Gasteiger partial charge in [0.1, 0.15) is 12.4 Å². The monoisotopic (exact) mass is 541 g/mol. The maximum Gasteiger partial charge on any atom is 0.191 e. The Balaban J connectivity index is 0.00000341. The van der Waals surface area contributed by atoms with Crippen LogP contribution < -0.4 is 10.6 Å². The van der Waals surface area contributed by atoms with Gasteiger partial charge in [-0.1, -0.05) is 30.3 Å². The summed E-state index contributed by atoms with van der Waals surface area (Å²) in [5.41, 5.74) is 1.32. The van der Waals surface area contributed by atoms with E-state index in [1.807, 2.05) is 4.68 Å². The van der Waals surface area contributed by atoms with Crippen LogP contribution in [0.3, 0.4) is 0 Å². The fraction of sp³-hybridized carbons (Fsp3) is 0.591. The first-order chi connectivity index (χ1) is 14.6. The molecule has 172 valence electrons. The lowest BCUT2D eigenvalue weighted by Gasteiger charge is -2.26. The Labute approximate surface area is 202 Å². The molecule has 31 heavy (non-hydrogen) atoms. The van der Waals surface area contributed by atoms with Crippen LogP contribution in [0.1, 0.15) is 37.5 Å². The van der Waals surface area contributed by atoms with Gasteiger partial charge in [-0.15, -0.1) is 24.0 Å². The number of methoxy groups -OCH3 is 1. The minimum Gasteiger partial charge on any atom is -0.377 e. The first-order valence-corrected chi connectivity index (χ1v) is 10.8. The lowest BCUT2D eigenvalue weighted by Crippen LogP contribution is -2.47. The number of aromatic nitrogens is 3. The van der Waals surface area contributed by atoms with Crippen molar-refractivity contribution in [3.8, 4) is 0 Å². The van der Waals surface area contributed by atoms with Crippen molar-refractivity contribution in [3.63, 3.8) is 0 Å². The van der Waals surface area contributed by atoms with Crippen LogP contribution >= 0.6 is 24.0 Å². The zero-order valence-corrected chi connectivity index (χ0v) is 21.4. The van der Waals surface area contributed by atoms with Gasteiger partial charge in [-0.3, -0.25) is 9.89 Å². The summed E-state index contributed by atoms with van der Waals surface area (Å²) in [6.45, 7) is 8.04. The summed E-state index contributed by atoms with van der Waals surface area (Å²) in [5.74, 6) is 2.66. The summed E-state index contributed by atoms with van der Waals surface area (Å²) in [6.07, 6.45) is 1.92. The summed E-state index contributed by atoms with van der Waals surface area (Å²) in [7, 11) is 3.82. The van der Waals surface area contributed by atoms with Gasteiger partial charge in [-0.05, 0) is 32.9 Å². The quantitative estimate of drug-likeness (QED) is 0.289. The highest BCUT2D eigenvalue weighted by molar-refractivity contribution is 14.0. The third-order valence-corrected chi connectivity index (χ3v) is 5.40. The molecule has 0 bridgehead atoms. The molecule has 8 nitrogen and oxygen atoms in total. The van der Waals surface area contributed by atoms with Gasteiger partial charge < -0.3 is 15.4 Å². The molecule has 0 aliphatic carbocycles. The number of ether oxygens (including phenoxy) is 1. The lowest BCUT2D eigenvalue weighted by atomic mass is 10.1. The van der Waals surface area contributed by atoms with Crippen LogP contribution in [0.4, 0.5) is 0 Å². The molecule has 1 aliphatic rings. The molecular weight excluding hydrogens is 505 g/mol. The number of aryl methyl sites for hydroxylation is 1. The van der Waals surface area contributed by atoms with E-state index in [0.29, 0.717) is 12.6 Å². The van der Waals surface area contributed by atoms with Crippen LogP contribution in [0.2, 0.25) is 0 Å². The number of guanidine groups is 1. The fourth-order valence-corrected chi connectivity index (χ4v) is 3.57. The van der Waals surface area contributed by atoms with Crippen molar-refractivity contribution in [1.82, 2.24) is 30.3 Å². The number of hydrogen-bond acceptors (Lipinski definition) is 5. The zero-order valence-electron chi connectivity index (χ0n) is 19.0. The second kappa shape index (κ2) is 13.0. The van der Waals surface area contributed by atoms with Gasteiger partial charge in [-0.2, -0.15) is 5.10 Å². The molecule has 2 heterocycles. The largest absolute Gasteiger partial charge is 0.377 e. The van der Waals surface area contributed by atoms with E-state index in [9.17, 15) is 0 Å². The molecule has 0 saturated carbocycles. The van der Waals surface area contributed by atoms with Gasteiger partial charge in [0.2, 0.25) is 0 Å². The molecule has 9 heteroatoms. The molecule has 1 aromatic carbocycles. The molecule has 0 radical (unpaired) electrons. The Morgan fingerprint density at radius 1 is 1.35 bits per heavy atom. The van der Waals surface area contributed by atoms with E-state index in [1.165, 1.54) is 5.56 Å². The number of benzene rings is 1. The van der Waals surface area contributed by atoms with Crippen LogP contribution in [0.15, 0.2) is 35.3 Å². The molecule has 0 spiro atoms. The number of aliphatic imine (C=N–C) groups is 1. The predicted molar refractivity (Wildman–Crippen MR) is 135 cm³/mol. The number of hydrogen-bond donors (Lipinski definition) is 2. The predicted octanol–water partition coefficient (Wildman–Crippen LogP) is 2.43. The van der Waals surface area contributed by atoms with Gasteiger partial charge in [0.05, 0.1) is 13.1 Å².